The van der Waals surface area contributed by atoms with Crippen LogP contribution in [0.15, 0.2) is 28.1 Å². The molecule has 0 saturated carbocycles. The lowest BCUT2D eigenvalue weighted by molar-refractivity contribution is 1.43. The van der Waals surface area contributed by atoms with Crippen LogP contribution in [0.2, 0.25) is 5.02 Å². The van der Waals surface area contributed by atoms with Crippen LogP contribution in [0.3, 0.4) is 0 Å². The summed E-state index contributed by atoms with van der Waals surface area (Å²) in [7, 11) is 0. The van der Waals surface area contributed by atoms with E-state index in [1.165, 1.54) is 0 Å². The fraction of sp³-hybridized carbons (Fsp3) is 0. The Hall–Kier alpha value is -0.850. The molecule has 0 aliphatic rings. The van der Waals surface area contributed by atoms with Gasteiger partial charge < -0.3 is 0 Å². The number of isothiocyanates is 1. The number of rotatable bonds is 2. The molecule has 0 radical (unpaired) electrons. The maximum Gasteiger partial charge on any atom is 0.138 e. The van der Waals surface area contributed by atoms with Crippen molar-refractivity contribution >= 4 is 46.4 Å². The number of benzene rings is 1. The molecular weight excluding hydrogens is 224 g/mol. The van der Waals surface area contributed by atoms with Crippen molar-refractivity contribution in [3.05, 3.63) is 23.2 Å². The van der Waals surface area contributed by atoms with E-state index in [0.29, 0.717) is 10.7 Å². The molecule has 0 bridgehead atoms. The molecule has 0 saturated heterocycles. The van der Waals surface area contributed by atoms with Crippen molar-refractivity contribution in [3.8, 4) is 5.40 Å². The number of thiocarbonyl (C=S) groups is 1. The number of nitrogens with zero attached hydrogens (tertiary/aromatic N) is 2. The maximum absolute atomic E-state index is 8.40. The van der Waals surface area contributed by atoms with Crippen LogP contribution in [0, 0.1) is 10.7 Å². The van der Waals surface area contributed by atoms with E-state index in [1.807, 2.05) is 5.40 Å². The van der Waals surface area contributed by atoms with E-state index in [2.05, 4.69) is 22.4 Å². The molecule has 0 aliphatic carbocycles. The quantitative estimate of drug-likeness (QED) is 0.334. The van der Waals surface area contributed by atoms with Gasteiger partial charge >= 0.3 is 0 Å². The van der Waals surface area contributed by atoms with E-state index in [9.17, 15) is 0 Å². The van der Waals surface area contributed by atoms with Crippen molar-refractivity contribution < 1.29 is 0 Å². The van der Waals surface area contributed by atoms with Gasteiger partial charge in [-0.2, -0.15) is 10.3 Å². The Morgan fingerprint density at radius 1 is 1.54 bits per heavy atom. The van der Waals surface area contributed by atoms with Gasteiger partial charge in [0.2, 0.25) is 0 Å². The van der Waals surface area contributed by atoms with E-state index in [0.717, 1.165) is 16.7 Å². The third-order valence-corrected chi connectivity index (χ3v) is 2.22. The molecule has 0 amide bonds. The van der Waals surface area contributed by atoms with Gasteiger partial charge in [0.05, 0.1) is 15.9 Å². The highest BCUT2D eigenvalue weighted by molar-refractivity contribution is 8.03. The number of halogens is 1. The molecule has 1 rings (SSSR count). The highest BCUT2D eigenvalue weighted by Crippen LogP contribution is 2.29. The van der Waals surface area contributed by atoms with Gasteiger partial charge in [0.1, 0.15) is 5.40 Å². The molecule has 0 spiro atoms. The van der Waals surface area contributed by atoms with Crippen LogP contribution in [0.25, 0.3) is 0 Å². The van der Waals surface area contributed by atoms with Crippen molar-refractivity contribution in [1.29, 1.82) is 5.26 Å². The molecule has 1 aromatic carbocycles. The normalized spacial score (nSPS) is 8.62. The first-order valence-electron chi connectivity index (χ1n) is 3.21. The Bertz CT molecular complexity index is 405. The number of thiocyanates is 1. The van der Waals surface area contributed by atoms with Crippen LogP contribution in [-0.4, -0.2) is 5.16 Å². The van der Waals surface area contributed by atoms with Crippen LogP contribution >= 0.6 is 35.6 Å². The molecule has 0 fully saturated rings. The monoisotopic (exact) mass is 226 g/mol. The van der Waals surface area contributed by atoms with Crippen LogP contribution in [-0.2, 0) is 0 Å². The summed E-state index contributed by atoms with van der Waals surface area (Å²) in [6.07, 6.45) is 0. The van der Waals surface area contributed by atoms with Gasteiger partial charge in [-0.25, -0.2) is 0 Å². The number of hydrogen-bond donors (Lipinski definition) is 0. The van der Waals surface area contributed by atoms with Crippen molar-refractivity contribution in [2.24, 2.45) is 4.99 Å². The summed E-state index contributed by atoms with van der Waals surface area (Å²) in [6, 6.07) is 5.12. The summed E-state index contributed by atoms with van der Waals surface area (Å²) in [5.74, 6) is 0. The van der Waals surface area contributed by atoms with E-state index in [1.54, 1.807) is 18.2 Å². The summed E-state index contributed by atoms with van der Waals surface area (Å²) < 4.78 is 0. The highest BCUT2D eigenvalue weighted by Gasteiger charge is 2.00. The second-order valence-electron chi connectivity index (χ2n) is 2.01. The standard InChI is InChI=1S/C8H3ClN2S2/c9-7-3-6(13-4-10)1-2-8(7)11-5-12/h1-3H. The molecule has 1 aromatic rings. The van der Waals surface area contributed by atoms with E-state index in [4.69, 9.17) is 16.9 Å². The van der Waals surface area contributed by atoms with Gasteiger partial charge in [0.15, 0.2) is 0 Å². The average Bonchev–Trinajstić information content (AvgIpc) is 2.10. The SMILES string of the molecule is N#CSc1ccc(N=C=S)c(Cl)c1. The number of aliphatic imine (C=N–C) groups is 1. The summed E-state index contributed by atoms with van der Waals surface area (Å²) in [6.45, 7) is 0. The third-order valence-electron chi connectivity index (χ3n) is 1.25. The number of nitriles is 1. The zero-order valence-electron chi connectivity index (χ0n) is 6.32. The van der Waals surface area contributed by atoms with Crippen LogP contribution in [0.5, 0.6) is 0 Å². The minimum absolute atomic E-state index is 0.470. The lowest BCUT2D eigenvalue weighted by atomic mass is 10.3. The first-order chi connectivity index (χ1) is 6.27. The fourth-order valence-electron chi connectivity index (χ4n) is 0.744. The summed E-state index contributed by atoms with van der Waals surface area (Å²) in [5.41, 5.74) is 0.568. The predicted octanol–water partition coefficient (Wildman–Crippen LogP) is 3.65. The second-order valence-corrected chi connectivity index (χ2v) is 3.46. The van der Waals surface area contributed by atoms with Crippen molar-refractivity contribution in [2.75, 3.05) is 0 Å². The third kappa shape index (κ3) is 2.83. The molecule has 0 atom stereocenters. The topological polar surface area (TPSA) is 36.1 Å². The van der Waals surface area contributed by atoms with Gasteiger partial charge in [0, 0.05) is 4.90 Å². The molecule has 0 aromatic heterocycles. The molecule has 5 heteroatoms. The first kappa shape index (κ1) is 10.2. The minimum atomic E-state index is 0.470. The Balaban J connectivity index is 3.06. The first-order valence-corrected chi connectivity index (χ1v) is 4.81. The second kappa shape index (κ2) is 5.00. The number of hydrogen-bond acceptors (Lipinski definition) is 4. The van der Waals surface area contributed by atoms with Crippen molar-refractivity contribution in [3.63, 3.8) is 0 Å². The molecule has 0 N–H and O–H groups in total. The Kier molecular flexibility index (Phi) is 3.94. The molecule has 2 nitrogen and oxygen atoms in total. The zero-order chi connectivity index (χ0) is 9.68. The lowest BCUT2D eigenvalue weighted by Crippen LogP contribution is -1.71. The average molecular weight is 227 g/mol. The van der Waals surface area contributed by atoms with E-state index in [-0.39, 0.29) is 0 Å². The molecule has 64 valence electrons. The van der Waals surface area contributed by atoms with Crippen LogP contribution < -0.4 is 0 Å². The Morgan fingerprint density at radius 3 is 2.85 bits per heavy atom. The largest absolute Gasteiger partial charge is 0.193 e. The van der Waals surface area contributed by atoms with Gasteiger partial charge in [-0.05, 0) is 42.2 Å². The van der Waals surface area contributed by atoms with Gasteiger partial charge in [0.25, 0.3) is 0 Å². The molecule has 0 aliphatic heterocycles. The van der Waals surface area contributed by atoms with Gasteiger partial charge in [-0.3, -0.25) is 0 Å². The van der Waals surface area contributed by atoms with Gasteiger partial charge in [-0.15, -0.1) is 0 Å². The summed E-state index contributed by atoms with van der Waals surface area (Å²) in [5, 5.41) is 13.1. The van der Waals surface area contributed by atoms with E-state index >= 15 is 0 Å². The zero-order valence-corrected chi connectivity index (χ0v) is 8.71. The smallest absolute Gasteiger partial charge is 0.138 e. The van der Waals surface area contributed by atoms with Crippen LogP contribution in [0.1, 0.15) is 0 Å². The van der Waals surface area contributed by atoms with Crippen molar-refractivity contribution in [1.82, 2.24) is 0 Å². The van der Waals surface area contributed by atoms with Crippen LogP contribution in [0.4, 0.5) is 5.69 Å². The number of thioether (sulfide) groups is 1. The molecule has 13 heavy (non-hydrogen) atoms. The van der Waals surface area contributed by atoms with Crippen molar-refractivity contribution in [2.45, 2.75) is 4.90 Å². The lowest BCUT2D eigenvalue weighted by Gasteiger charge is -1.97. The minimum Gasteiger partial charge on any atom is -0.193 e. The Labute approximate surface area is 90.2 Å². The van der Waals surface area contributed by atoms with Gasteiger partial charge in [-0.1, -0.05) is 11.6 Å². The molecular formula is C8H3ClN2S2. The van der Waals surface area contributed by atoms with E-state index < -0.39 is 0 Å². The highest BCUT2D eigenvalue weighted by atomic mass is 35.5. The Morgan fingerprint density at radius 2 is 2.31 bits per heavy atom. The molecule has 0 heterocycles. The maximum atomic E-state index is 8.40. The predicted molar refractivity (Wildman–Crippen MR) is 57.6 cm³/mol. The molecule has 0 unspecified atom stereocenters. The fourth-order valence-corrected chi connectivity index (χ4v) is 1.55. The summed E-state index contributed by atoms with van der Waals surface area (Å²) in [4.78, 5) is 4.54. The summed E-state index contributed by atoms with van der Waals surface area (Å²) >= 11 is 11.3.